The van der Waals surface area contributed by atoms with E-state index in [0.717, 1.165) is 32.6 Å². The number of aliphatic imine (C=N–C) groups is 1. The quantitative estimate of drug-likeness (QED) is 0.245. The van der Waals surface area contributed by atoms with E-state index in [1.807, 2.05) is 6.92 Å². The first-order chi connectivity index (χ1) is 13.2. The first kappa shape index (κ1) is 28.7. The van der Waals surface area contributed by atoms with E-state index in [1.165, 1.54) is 0 Å². The van der Waals surface area contributed by atoms with Gasteiger partial charge in [-0.2, -0.15) is 17.5 Å². The molecule has 0 amide bonds. The monoisotopic (exact) mass is 557 g/mol. The lowest BCUT2D eigenvalue weighted by molar-refractivity contribution is -0.0496. The van der Waals surface area contributed by atoms with Gasteiger partial charge in [-0.25, -0.2) is 8.42 Å². The topological polar surface area (TPSA) is 77.0 Å². The fourth-order valence-electron chi connectivity index (χ4n) is 3.12. The van der Waals surface area contributed by atoms with Crippen molar-refractivity contribution in [1.82, 2.24) is 19.8 Å². The Morgan fingerprint density at radius 2 is 1.76 bits per heavy atom. The molecule has 1 saturated heterocycles. The van der Waals surface area contributed by atoms with E-state index >= 15 is 0 Å². The van der Waals surface area contributed by atoms with Crippen molar-refractivity contribution in [2.75, 3.05) is 52.4 Å². The van der Waals surface area contributed by atoms with Gasteiger partial charge in [-0.1, -0.05) is 13.8 Å². The van der Waals surface area contributed by atoms with Gasteiger partial charge in [-0.3, -0.25) is 4.99 Å². The van der Waals surface area contributed by atoms with Crippen LogP contribution in [0.15, 0.2) is 4.99 Å². The van der Waals surface area contributed by atoms with Crippen LogP contribution in [0.5, 0.6) is 0 Å². The number of piperidine rings is 1. The molecule has 0 aliphatic carbocycles. The highest BCUT2D eigenvalue weighted by Crippen LogP contribution is 2.30. The molecular formula is C17H35F3IN5O2S. The summed E-state index contributed by atoms with van der Waals surface area (Å²) in [5.74, 6) is 0.753. The third-order valence-electron chi connectivity index (χ3n) is 4.77. The van der Waals surface area contributed by atoms with Crippen molar-refractivity contribution in [1.29, 1.82) is 0 Å². The largest absolute Gasteiger partial charge is 0.511 e. The van der Waals surface area contributed by atoms with Gasteiger partial charge < -0.3 is 15.5 Å². The van der Waals surface area contributed by atoms with Gasteiger partial charge >= 0.3 is 15.5 Å². The molecule has 0 atom stereocenters. The number of nitrogens with zero attached hydrogens (tertiary/aromatic N) is 3. The van der Waals surface area contributed by atoms with E-state index < -0.39 is 15.5 Å². The normalized spacial score (nSPS) is 17.3. The summed E-state index contributed by atoms with van der Waals surface area (Å²) in [7, 11) is -5.22. The van der Waals surface area contributed by atoms with Gasteiger partial charge in [0.25, 0.3) is 0 Å². The SMILES string of the molecule is CCCN(CC)CCNC(=NCC1CCN(S(=O)(=O)C(F)(F)F)CC1)NCC.I. The minimum absolute atomic E-state index is 0. The molecule has 0 aromatic carbocycles. The molecule has 1 aliphatic heterocycles. The second-order valence-corrected chi connectivity index (χ2v) is 8.80. The number of hydrogen-bond donors (Lipinski definition) is 2. The highest BCUT2D eigenvalue weighted by Gasteiger charge is 2.50. The second-order valence-electron chi connectivity index (χ2n) is 6.87. The summed E-state index contributed by atoms with van der Waals surface area (Å²) in [4.78, 5) is 6.87. The third-order valence-corrected chi connectivity index (χ3v) is 6.40. The predicted molar refractivity (Wildman–Crippen MR) is 121 cm³/mol. The Bertz CT molecular complexity index is 582. The van der Waals surface area contributed by atoms with Crippen LogP contribution in [-0.2, 0) is 10.0 Å². The van der Waals surface area contributed by atoms with Crippen LogP contribution in [0, 0.1) is 5.92 Å². The molecule has 0 spiro atoms. The summed E-state index contributed by atoms with van der Waals surface area (Å²) in [5.41, 5.74) is -5.23. The maximum absolute atomic E-state index is 12.6. The third kappa shape index (κ3) is 9.55. The molecule has 174 valence electrons. The molecule has 0 unspecified atom stereocenters. The number of guanidine groups is 1. The predicted octanol–water partition coefficient (Wildman–Crippen LogP) is 2.45. The summed E-state index contributed by atoms with van der Waals surface area (Å²) in [6, 6.07) is 0. The molecule has 0 bridgehead atoms. The van der Waals surface area contributed by atoms with E-state index in [-0.39, 0.29) is 43.0 Å². The minimum Gasteiger partial charge on any atom is -0.357 e. The van der Waals surface area contributed by atoms with E-state index in [9.17, 15) is 21.6 Å². The number of alkyl halides is 3. The molecule has 1 aliphatic rings. The molecule has 1 fully saturated rings. The van der Waals surface area contributed by atoms with Crippen molar-refractivity contribution in [2.45, 2.75) is 45.5 Å². The number of hydrogen-bond acceptors (Lipinski definition) is 4. The Kier molecular flexibility index (Phi) is 13.7. The highest BCUT2D eigenvalue weighted by molar-refractivity contribution is 14.0. The Balaban J connectivity index is 0.00000784. The van der Waals surface area contributed by atoms with Crippen LogP contribution < -0.4 is 10.6 Å². The molecular weight excluding hydrogens is 522 g/mol. The summed E-state index contributed by atoms with van der Waals surface area (Å²) in [5, 5.41) is 6.44. The smallest absolute Gasteiger partial charge is 0.357 e. The van der Waals surface area contributed by atoms with Gasteiger partial charge in [0.15, 0.2) is 5.96 Å². The first-order valence-corrected chi connectivity index (χ1v) is 11.4. The maximum Gasteiger partial charge on any atom is 0.511 e. The van der Waals surface area contributed by atoms with Crippen LogP contribution in [-0.4, -0.2) is 81.4 Å². The Labute approximate surface area is 189 Å². The molecule has 12 heteroatoms. The van der Waals surface area contributed by atoms with Gasteiger partial charge in [0.05, 0.1) is 0 Å². The van der Waals surface area contributed by atoms with Crippen LogP contribution in [0.25, 0.3) is 0 Å². The zero-order valence-corrected chi connectivity index (χ0v) is 20.6. The fraction of sp³-hybridized carbons (Fsp3) is 0.941. The number of halogens is 4. The van der Waals surface area contributed by atoms with Gasteiger partial charge in [0.1, 0.15) is 0 Å². The molecule has 1 heterocycles. The van der Waals surface area contributed by atoms with Gasteiger partial charge in [0, 0.05) is 39.3 Å². The molecule has 2 N–H and O–H groups in total. The maximum atomic E-state index is 12.6. The van der Waals surface area contributed by atoms with Gasteiger partial charge in [0.2, 0.25) is 0 Å². The van der Waals surface area contributed by atoms with Crippen LogP contribution in [0.3, 0.4) is 0 Å². The second kappa shape index (κ2) is 13.9. The number of nitrogens with one attached hydrogen (secondary N) is 2. The lowest BCUT2D eigenvalue weighted by Gasteiger charge is -2.31. The lowest BCUT2D eigenvalue weighted by atomic mass is 9.98. The van der Waals surface area contributed by atoms with Crippen molar-refractivity contribution < 1.29 is 21.6 Å². The van der Waals surface area contributed by atoms with Crippen molar-refractivity contribution in [3.8, 4) is 0 Å². The Hall–Kier alpha value is -0.340. The summed E-state index contributed by atoms with van der Waals surface area (Å²) >= 11 is 0. The number of rotatable bonds is 10. The molecule has 29 heavy (non-hydrogen) atoms. The van der Waals surface area contributed by atoms with Crippen molar-refractivity contribution >= 4 is 40.0 Å². The van der Waals surface area contributed by atoms with E-state index in [1.54, 1.807) is 0 Å². The molecule has 0 aromatic rings. The molecule has 0 aromatic heterocycles. The molecule has 7 nitrogen and oxygen atoms in total. The van der Waals surface area contributed by atoms with E-state index in [0.29, 0.717) is 36.2 Å². The Morgan fingerprint density at radius 1 is 1.14 bits per heavy atom. The van der Waals surface area contributed by atoms with Crippen LogP contribution >= 0.6 is 24.0 Å². The van der Waals surface area contributed by atoms with Crippen LogP contribution in [0.2, 0.25) is 0 Å². The van der Waals surface area contributed by atoms with Gasteiger partial charge in [-0.05, 0) is 45.2 Å². The van der Waals surface area contributed by atoms with Crippen molar-refractivity contribution in [3.63, 3.8) is 0 Å². The zero-order chi connectivity index (χ0) is 21.2. The summed E-state index contributed by atoms with van der Waals surface area (Å²) in [6.07, 6.45) is 1.85. The van der Waals surface area contributed by atoms with Crippen LogP contribution in [0.1, 0.15) is 40.0 Å². The zero-order valence-electron chi connectivity index (χ0n) is 17.5. The molecule has 0 saturated carbocycles. The lowest BCUT2D eigenvalue weighted by Crippen LogP contribution is -2.45. The highest BCUT2D eigenvalue weighted by atomic mass is 127. The minimum atomic E-state index is -5.23. The Morgan fingerprint density at radius 3 is 2.24 bits per heavy atom. The summed E-state index contributed by atoms with van der Waals surface area (Å²) < 4.78 is 61.3. The van der Waals surface area contributed by atoms with Crippen molar-refractivity contribution in [2.24, 2.45) is 10.9 Å². The first-order valence-electron chi connectivity index (χ1n) is 9.96. The van der Waals surface area contributed by atoms with Gasteiger partial charge in [-0.15, -0.1) is 24.0 Å². The summed E-state index contributed by atoms with van der Waals surface area (Å²) in [6.45, 7) is 10.9. The van der Waals surface area contributed by atoms with E-state index in [2.05, 4.69) is 34.4 Å². The standard InChI is InChI=1S/C17H34F3N5O2S.HI/c1-4-10-24(6-3)13-9-22-16(21-5-2)23-14-15-7-11-25(12-8-15)28(26,27)17(18,19)20;/h15H,4-14H2,1-3H3,(H2,21,22,23);1H. The number of sulfonamides is 1. The van der Waals surface area contributed by atoms with E-state index in [4.69, 9.17) is 0 Å². The average Bonchev–Trinajstić information content (AvgIpc) is 2.64. The molecule has 1 rings (SSSR count). The van der Waals surface area contributed by atoms with Crippen LogP contribution in [0.4, 0.5) is 13.2 Å². The average molecular weight is 557 g/mol. The van der Waals surface area contributed by atoms with Crippen molar-refractivity contribution in [3.05, 3.63) is 0 Å². The molecule has 0 radical (unpaired) electrons. The number of likely N-dealkylation sites (N-methyl/N-ethyl adjacent to an activating group) is 1. The fourth-order valence-corrected chi connectivity index (χ4v) is 4.10.